The highest BCUT2D eigenvalue weighted by atomic mass is 16.4. The number of aliphatic hydroxyl groups excluding tert-OH is 2. The van der Waals surface area contributed by atoms with Gasteiger partial charge in [-0.2, -0.15) is 0 Å². The number of hydrogen-bond acceptors (Lipinski definition) is 6. The standard InChI is InChI=1S/C12H18N2O4.2C7H6O2/c1-2-7-5-14(12(18)13-11(7)17)9-3-8(6-15)10(16)4-9;2*8-7(9)6-4-2-1-3-5-6/h5,8-10,15-16H,2-4,6H2,1H3,(H,13,17,18);2*1-5H,(H,8,9)/t8-,9-,10+;;/m0../s1. The maximum Gasteiger partial charge on any atom is 0.335 e. The number of H-pyrrole nitrogens is 1. The number of aromatic nitrogens is 2. The summed E-state index contributed by atoms with van der Waals surface area (Å²) in [5.74, 6) is -1.95. The van der Waals surface area contributed by atoms with Gasteiger partial charge in [0.25, 0.3) is 5.56 Å². The first-order chi connectivity index (χ1) is 17.2. The molecule has 0 unspecified atom stereocenters. The molecule has 36 heavy (non-hydrogen) atoms. The van der Waals surface area contributed by atoms with Crippen molar-refractivity contribution in [2.45, 2.75) is 38.3 Å². The molecular weight excluding hydrogens is 468 g/mol. The minimum absolute atomic E-state index is 0.0869. The maximum absolute atomic E-state index is 11.8. The average molecular weight is 499 g/mol. The molecule has 192 valence electrons. The lowest BCUT2D eigenvalue weighted by molar-refractivity contribution is 0.0686. The minimum Gasteiger partial charge on any atom is -0.478 e. The molecule has 1 aliphatic rings. The van der Waals surface area contributed by atoms with Gasteiger partial charge in [0.2, 0.25) is 0 Å². The van der Waals surface area contributed by atoms with Crippen molar-refractivity contribution in [3.8, 4) is 0 Å². The minimum atomic E-state index is -0.879. The number of carbonyl (C=O) groups is 2. The van der Waals surface area contributed by atoms with Crippen LogP contribution in [0.4, 0.5) is 0 Å². The highest BCUT2D eigenvalue weighted by Gasteiger charge is 2.34. The summed E-state index contributed by atoms with van der Waals surface area (Å²) >= 11 is 0. The molecule has 0 radical (unpaired) electrons. The van der Waals surface area contributed by atoms with E-state index in [-0.39, 0.29) is 24.1 Å². The van der Waals surface area contributed by atoms with Crippen LogP contribution in [0.1, 0.15) is 52.1 Å². The van der Waals surface area contributed by atoms with Crippen molar-refractivity contribution in [2.75, 3.05) is 6.61 Å². The van der Waals surface area contributed by atoms with E-state index in [4.69, 9.17) is 15.3 Å². The van der Waals surface area contributed by atoms with E-state index in [9.17, 15) is 24.3 Å². The van der Waals surface area contributed by atoms with Crippen molar-refractivity contribution in [1.29, 1.82) is 0 Å². The van der Waals surface area contributed by atoms with Crippen LogP contribution < -0.4 is 11.2 Å². The van der Waals surface area contributed by atoms with Gasteiger partial charge in [-0.15, -0.1) is 0 Å². The van der Waals surface area contributed by atoms with Crippen LogP contribution in [-0.4, -0.2) is 54.6 Å². The van der Waals surface area contributed by atoms with Crippen molar-refractivity contribution in [3.63, 3.8) is 0 Å². The number of carboxylic acid groups (broad SMARTS) is 2. The summed E-state index contributed by atoms with van der Waals surface area (Å²) in [7, 11) is 0. The molecule has 0 spiro atoms. The molecule has 0 bridgehead atoms. The second kappa shape index (κ2) is 13.8. The van der Waals surface area contributed by atoms with E-state index in [1.165, 1.54) is 4.57 Å². The second-order valence-corrected chi connectivity index (χ2v) is 8.15. The van der Waals surface area contributed by atoms with Gasteiger partial charge in [0.05, 0.1) is 17.2 Å². The van der Waals surface area contributed by atoms with Gasteiger partial charge in [0.1, 0.15) is 0 Å². The Hall–Kier alpha value is -4.02. The molecule has 1 aliphatic carbocycles. The Kier molecular flexibility index (Phi) is 10.8. The van der Waals surface area contributed by atoms with E-state index >= 15 is 0 Å². The van der Waals surface area contributed by atoms with E-state index in [1.54, 1.807) is 66.9 Å². The smallest absolute Gasteiger partial charge is 0.335 e. The fourth-order valence-electron chi connectivity index (χ4n) is 3.71. The van der Waals surface area contributed by atoms with Crippen molar-refractivity contribution >= 4 is 11.9 Å². The number of hydrogen-bond donors (Lipinski definition) is 5. The van der Waals surface area contributed by atoms with E-state index in [0.29, 0.717) is 36.0 Å². The van der Waals surface area contributed by atoms with Crippen LogP contribution in [0, 0.1) is 5.92 Å². The van der Waals surface area contributed by atoms with Crippen LogP contribution in [-0.2, 0) is 6.42 Å². The molecule has 0 aliphatic heterocycles. The number of nitrogens with one attached hydrogen (secondary N) is 1. The van der Waals surface area contributed by atoms with Crippen LogP contribution >= 0.6 is 0 Å². The molecule has 1 saturated carbocycles. The largest absolute Gasteiger partial charge is 0.478 e. The van der Waals surface area contributed by atoms with Crippen molar-refractivity contribution in [2.24, 2.45) is 5.92 Å². The zero-order chi connectivity index (χ0) is 26.7. The Morgan fingerprint density at radius 2 is 1.42 bits per heavy atom. The van der Waals surface area contributed by atoms with Gasteiger partial charge in [-0.1, -0.05) is 43.3 Å². The van der Waals surface area contributed by atoms with Crippen molar-refractivity contribution < 1.29 is 30.0 Å². The number of carboxylic acids is 2. The molecule has 1 heterocycles. The second-order valence-electron chi connectivity index (χ2n) is 8.15. The van der Waals surface area contributed by atoms with Crippen LogP contribution in [0.5, 0.6) is 0 Å². The summed E-state index contributed by atoms with van der Waals surface area (Å²) in [5.41, 5.74) is 0.413. The third kappa shape index (κ3) is 8.03. The van der Waals surface area contributed by atoms with Crippen LogP contribution in [0.3, 0.4) is 0 Å². The first-order valence-electron chi connectivity index (χ1n) is 11.4. The Morgan fingerprint density at radius 1 is 0.917 bits per heavy atom. The molecule has 0 amide bonds. The molecule has 3 aromatic rings. The van der Waals surface area contributed by atoms with Crippen LogP contribution in [0.2, 0.25) is 0 Å². The maximum atomic E-state index is 11.8. The summed E-state index contributed by atoms with van der Waals surface area (Å²) in [6.45, 7) is 1.76. The molecule has 1 fully saturated rings. The van der Waals surface area contributed by atoms with Crippen molar-refractivity contribution in [1.82, 2.24) is 9.55 Å². The predicted octanol–water partition coefficient (Wildman–Crippen LogP) is 2.17. The van der Waals surface area contributed by atoms with Crippen LogP contribution in [0.15, 0.2) is 76.4 Å². The molecule has 5 N–H and O–H groups in total. The number of aromatic carboxylic acids is 2. The highest BCUT2D eigenvalue weighted by molar-refractivity contribution is 5.87. The normalized spacial score (nSPS) is 18.2. The topological polar surface area (TPSA) is 170 Å². The van der Waals surface area contributed by atoms with Gasteiger partial charge >= 0.3 is 17.6 Å². The molecule has 10 heteroatoms. The fraction of sp³-hybridized carbons (Fsp3) is 0.308. The molecule has 3 atom stereocenters. The Labute approximate surface area is 207 Å². The number of aromatic amines is 1. The highest BCUT2D eigenvalue weighted by Crippen LogP contribution is 2.33. The number of benzene rings is 2. The Morgan fingerprint density at radius 3 is 1.78 bits per heavy atom. The van der Waals surface area contributed by atoms with Gasteiger partial charge in [0, 0.05) is 30.3 Å². The van der Waals surface area contributed by atoms with Gasteiger partial charge in [-0.05, 0) is 43.5 Å². The quantitative estimate of drug-likeness (QED) is 0.356. The number of aliphatic hydroxyl groups is 2. The Bertz CT molecular complexity index is 1190. The summed E-state index contributed by atoms with van der Waals surface area (Å²) in [4.78, 5) is 45.9. The van der Waals surface area contributed by atoms with Crippen molar-refractivity contribution in [3.05, 3.63) is 104 Å². The van der Waals surface area contributed by atoms with E-state index in [2.05, 4.69) is 4.98 Å². The lowest BCUT2D eigenvalue weighted by Crippen LogP contribution is -2.33. The number of rotatable bonds is 5. The third-order valence-electron chi connectivity index (χ3n) is 5.72. The molecular formula is C26H30N2O8. The molecule has 4 rings (SSSR count). The number of aryl methyl sites for hydroxylation is 1. The fourth-order valence-corrected chi connectivity index (χ4v) is 3.71. The molecule has 0 saturated heterocycles. The first-order valence-corrected chi connectivity index (χ1v) is 11.4. The van der Waals surface area contributed by atoms with Gasteiger partial charge in [-0.25, -0.2) is 14.4 Å². The lowest BCUT2D eigenvalue weighted by Gasteiger charge is -2.14. The zero-order valence-electron chi connectivity index (χ0n) is 19.8. The first kappa shape index (κ1) is 28.2. The molecule has 1 aromatic heterocycles. The summed E-state index contributed by atoms with van der Waals surface area (Å²) in [6, 6.07) is 16.4. The summed E-state index contributed by atoms with van der Waals surface area (Å²) in [5, 5.41) is 35.6. The number of nitrogens with zero attached hydrogens (tertiary/aromatic N) is 1. The third-order valence-corrected chi connectivity index (χ3v) is 5.72. The lowest BCUT2D eigenvalue weighted by atomic mass is 10.1. The average Bonchev–Trinajstić information content (AvgIpc) is 3.26. The Balaban J connectivity index is 0.000000212. The summed E-state index contributed by atoms with van der Waals surface area (Å²) < 4.78 is 1.47. The van der Waals surface area contributed by atoms with E-state index < -0.39 is 23.7 Å². The van der Waals surface area contributed by atoms with E-state index in [0.717, 1.165) is 0 Å². The van der Waals surface area contributed by atoms with Gasteiger partial charge in [0.15, 0.2) is 0 Å². The monoisotopic (exact) mass is 498 g/mol. The van der Waals surface area contributed by atoms with Gasteiger partial charge < -0.3 is 20.4 Å². The SMILES string of the molecule is CCc1cn([C@H]2C[C@@H](CO)[C@H](O)C2)c(=O)[nH]c1=O.O=C(O)c1ccccc1.O=C(O)c1ccccc1. The van der Waals surface area contributed by atoms with E-state index in [1.807, 2.05) is 6.92 Å². The predicted molar refractivity (Wildman–Crippen MR) is 132 cm³/mol. The zero-order valence-corrected chi connectivity index (χ0v) is 19.8. The summed E-state index contributed by atoms with van der Waals surface area (Å²) in [6.07, 6.45) is 2.50. The van der Waals surface area contributed by atoms with Gasteiger partial charge in [-0.3, -0.25) is 14.3 Å². The molecule has 2 aromatic carbocycles. The molecule has 10 nitrogen and oxygen atoms in total. The van der Waals surface area contributed by atoms with Crippen LogP contribution in [0.25, 0.3) is 0 Å².